The number of carbonyl (C=O) groups is 2. The van der Waals surface area contributed by atoms with Gasteiger partial charge in [-0.05, 0) is 18.2 Å². The van der Waals surface area contributed by atoms with Crippen LogP contribution in [0.25, 0.3) is 10.9 Å². The van der Waals surface area contributed by atoms with E-state index in [0.29, 0.717) is 17.1 Å². The van der Waals surface area contributed by atoms with Gasteiger partial charge >= 0.3 is 12.0 Å². The average Bonchev–Trinajstić information content (AvgIpc) is 3.22. The Kier molecular flexibility index (Phi) is 3.96. The summed E-state index contributed by atoms with van der Waals surface area (Å²) >= 11 is 0. The topological polar surface area (TPSA) is 112 Å². The lowest BCUT2D eigenvalue weighted by Gasteiger charge is -2.09. The fraction of sp³-hybridized carbons (Fsp3) is 0.133. The van der Waals surface area contributed by atoms with Crippen molar-refractivity contribution in [3.05, 3.63) is 48.2 Å². The lowest BCUT2D eigenvalue weighted by atomic mass is 10.1. The maximum atomic E-state index is 11.9. The number of rotatable bonds is 4. The number of carbonyl (C=O) groups excluding carboxylic acids is 2. The van der Waals surface area contributed by atoms with Crippen LogP contribution in [0.4, 0.5) is 10.5 Å². The third kappa shape index (κ3) is 3.15. The number of H-pyrrole nitrogens is 2. The molecular weight excluding hydrogens is 298 g/mol. The molecule has 1 aromatic carbocycles. The summed E-state index contributed by atoms with van der Waals surface area (Å²) in [6.45, 7) is 0.271. The van der Waals surface area contributed by atoms with E-state index in [9.17, 15) is 9.59 Å². The largest absolute Gasteiger partial charge is 0.465 e. The predicted octanol–water partition coefficient (Wildman–Crippen LogP) is 2.00. The second-order valence-corrected chi connectivity index (χ2v) is 4.80. The van der Waals surface area contributed by atoms with Crippen molar-refractivity contribution in [3.63, 3.8) is 0 Å². The highest BCUT2D eigenvalue weighted by Gasteiger charge is 2.14. The number of aromatic amines is 2. The lowest BCUT2D eigenvalue weighted by molar-refractivity contribution is 0.0603. The Hall–Kier alpha value is -3.29. The molecule has 0 unspecified atom stereocenters. The molecule has 0 aliphatic heterocycles. The standard InChI is InChI=1S/C15H15N5O3/c1-23-14(21)11-6-9(7-12-10(11)2-3-16-12)20-15(22)19-8-13-17-4-5-18-13/h2-7,16H,8H2,1H3,(H,17,18)(H2,19,20,22). The minimum atomic E-state index is -0.464. The molecule has 0 bridgehead atoms. The molecular formula is C15H15N5O3. The van der Waals surface area contributed by atoms with Crippen LogP contribution in [0.1, 0.15) is 16.2 Å². The van der Waals surface area contributed by atoms with Crippen molar-refractivity contribution in [1.29, 1.82) is 0 Å². The highest BCUT2D eigenvalue weighted by molar-refractivity contribution is 6.06. The zero-order valence-electron chi connectivity index (χ0n) is 12.3. The molecule has 0 atom stereocenters. The number of urea groups is 1. The first kappa shape index (κ1) is 14.6. The highest BCUT2D eigenvalue weighted by Crippen LogP contribution is 2.23. The van der Waals surface area contributed by atoms with Crippen LogP contribution in [0, 0.1) is 0 Å². The van der Waals surface area contributed by atoms with E-state index >= 15 is 0 Å². The molecule has 23 heavy (non-hydrogen) atoms. The molecule has 0 spiro atoms. The van der Waals surface area contributed by atoms with Gasteiger partial charge in [0.1, 0.15) is 5.82 Å². The van der Waals surface area contributed by atoms with Crippen LogP contribution in [-0.2, 0) is 11.3 Å². The second-order valence-electron chi connectivity index (χ2n) is 4.80. The number of aromatic nitrogens is 3. The molecule has 4 N–H and O–H groups in total. The van der Waals surface area contributed by atoms with Crippen LogP contribution < -0.4 is 10.6 Å². The summed E-state index contributed by atoms with van der Waals surface area (Å²) < 4.78 is 4.78. The Morgan fingerprint density at radius 1 is 1.26 bits per heavy atom. The summed E-state index contributed by atoms with van der Waals surface area (Å²) in [5.41, 5.74) is 1.60. The molecule has 2 aromatic heterocycles. The summed E-state index contributed by atoms with van der Waals surface area (Å²) in [6.07, 6.45) is 5.01. The third-order valence-corrected chi connectivity index (χ3v) is 3.30. The molecule has 118 valence electrons. The van der Waals surface area contributed by atoms with Gasteiger partial charge in [0.2, 0.25) is 0 Å². The van der Waals surface area contributed by atoms with E-state index in [0.717, 1.165) is 10.9 Å². The van der Waals surface area contributed by atoms with Gasteiger partial charge in [-0.1, -0.05) is 0 Å². The van der Waals surface area contributed by atoms with E-state index in [1.165, 1.54) is 7.11 Å². The van der Waals surface area contributed by atoms with Gasteiger partial charge in [0.25, 0.3) is 0 Å². The molecule has 2 amide bonds. The lowest BCUT2D eigenvalue weighted by Crippen LogP contribution is -2.28. The minimum absolute atomic E-state index is 0.271. The Balaban J connectivity index is 1.76. The number of hydrogen-bond donors (Lipinski definition) is 4. The number of amides is 2. The van der Waals surface area contributed by atoms with E-state index in [4.69, 9.17) is 4.74 Å². The first-order valence-corrected chi connectivity index (χ1v) is 6.90. The van der Waals surface area contributed by atoms with Gasteiger partial charge in [-0.2, -0.15) is 0 Å². The summed E-state index contributed by atoms with van der Waals surface area (Å²) in [6, 6.07) is 4.70. The van der Waals surface area contributed by atoms with Crippen LogP contribution in [0.15, 0.2) is 36.8 Å². The van der Waals surface area contributed by atoms with Crippen molar-refractivity contribution >= 4 is 28.6 Å². The van der Waals surface area contributed by atoms with Crippen LogP contribution in [0.3, 0.4) is 0 Å². The van der Waals surface area contributed by atoms with Crippen molar-refractivity contribution in [2.75, 3.05) is 12.4 Å². The number of imidazole rings is 1. The van der Waals surface area contributed by atoms with Crippen molar-refractivity contribution in [1.82, 2.24) is 20.3 Å². The zero-order valence-corrected chi connectivity index (χ0v) is 12.3. The smallest absolute Gasteiger partial charge is 0.338 e. The Bertz CT molecular complexity index is 838. The van der Waals surface area contributed by atoms with Gasteiger partial charge in [0.05, 0.1) is 19.2 Å². The number of fused-ring (bicyclic) bond motifs is 1. The molecule has 0 saturated heterocycles. The van der Waals surface area contributed by atoms with Crippen LogP contribution >= 0.6 is 0 Å². The molecule has 3 aromatic rings. The molecule has 0 fully saturated rings. The van der Waals surface area contributed by atoms with E-state index in [1.54, 1.807) is 36.8 Å². The quantitative estimate of drug-likeness (QED) is 0.552. The molecule has 3 rings (SSSR count). The Labute approximate surface area is 131 Å². The van der Waals surface area contributed by atoms with E-state index < -0.39 is 12.0 Å². The van der Waals surface area contributed by atoms with Crippen molar-refractivity contribution in [2.45, 2.75) is 6.54 Å². The first-order valence-electron chi connectivity index (χ1n) is 6.90. The van der Waals surface area contributed by atoms with Gasteiger partial charge in [0.15, 0.2) is 0 Å². The molecule has 0 aliphatic rings. The number of ether oxygens (including phenoxy) is 1. The van der Waals surface area contributed by atoms with Crippen LogP contribution in [-0.4, -0.2) is 34.1 Å². The van der Waals surface area contributed by atoms with Crippen LogP contribution in [0.5, 0.6) is 0 Å². The van der Waals surface area contributed by atoms with Gasteiger partial charge in [-0.25, -0.2) is 14.6 Å². The number of hydrogen-bond acceptors (Lipinski definition) is 4. The van der Waals surface area contributed by atoms with Gasteiger partial charge in [-0.15, -0.1) is 0 Å². The Morgan fingerprint density at radius 3 is 2.87 bits per heavy atom. The summed E-state index contributed by atoms with van der Waals surface area (Å²) in [4.78, 5) is 33.7. The molecule has 0 saturated carbocycles. The molecule has 0 aliphatic carbocycles. The van der Waals surface area contributed by atoms with Gasteiger partial charge in [-0.3, -0.25) is 0 Å². The van der Waals surface area contributed by atoms with Crippen molar-refractivity contribution < 1.29 is 14.3 Å². The molecule has 8 nitrogen and oxygen atoms in total. The monoisotopic (exact) mass is 313 g/mol. The normalized spacial score (nSPS) is 10.5. The average molecular weight is 313 g/mol. The van der Waals surface area contributed by atoms with Crippen molar-refractivity contribution in [3.8, 4) is 0 Å². The Morgan fingerprint density at radius 2 is 2.13 bits per heavy atom. The number of nitrogens with one attached hydrogen (secondary N) is 4. The zero-order chi connectivity index (χ0) is 16.2. The number of nitrogens with zero attached hydrogens (tertiary/aromatic N) is 1. The van der Waals surface area contributed by atoms with Crippen molar-refractivity contribution in [2.24, 2.45) is 0 Å². The fourth-order valence-corrected chi connectivity index (χ4v) is 2.25. The number of esters is 1. The SMILES string of the molecule is COC(=O)c1cc(NC(=O)NCc2ncc[nH]2)cc2[nH]ccc12. The molecule has 0 radical (unpaired) electrons. The maximum Gasteiger partial charge on any atom is 0.338 e. The fourth-order valence-electron chi connectivity index (χ4n) is 2.25. The molecule has 8 heteroatoms. The third-order valence-electron chi connectivity index (χ3n) is 3.30. The number of methoxy groups -OCH3 is 1. The van der Waals surface area contributed by atoms with Gasteiger partial charge in [0, 0.05) is 35.2 Å². The number of benzene rings is 1. The second kappa shape index (κ2) is 6.22. The van der Waals surface area contributed by atoms with E-state index in [2.05, 4.69) is 25.6 Å². The first-order chi connectivity index (χ1) is 11.2. The summed E-state index contributed by atoms with van der Waals surface area (Å²) in [7, 11) is 1.32. The predicted molar refractivity (Wildman–Crippen MR) is 84.1 cm³/mol. The summed E-state index contributed by atoms with van der Waals surface area (Å²) in [5, 5.41) is 6.09. The minimum Gasteiger partial charge on any atom is -0.465 e. The van der Waals surface area contributed by atoms with E-state index in [-0.39, 0.29) is 6.54 Å². The van der Waals surface area contributed by atoms with Gasteiger partial charge < -0.3 is 25.3 Å². The van der Waals surface area contributed by atoms with Crippen LogP contribution in [0.2, 0.25) is 0 Å². The molecule has 2 heterocycles. The highest BCUT2D eigenvalue weighted by atomic mass is 16.5. The number of anilines is 1. The van der Waals surface area contributed by atoms with E-state index in [1.807, 2.05) is 0 Å². The maximum absolute atomic E-state index is 11.9. The summed E-state index contributed by atoms with van der Waals surface area (Å²) in [5.74, 6) is 0.185.